The Morgan fingerprint density at radius 3 is 1.29 bits per heavy atom. The fourth-order valence-corrected chi connectivity index (χ4v) is 2.44. The lowest BCUT2D eigenvalue weighted by Crippen LogP contribution is -2.12. The van der Waals surface area contributed by atoms with E-state index in [9.17, 15) is 19.8 Å². The van der Waals surface area contributed by atoms with Gasteiger partial charge in [-0.15, -0.1) is 0 Å². The molecule has 6 nitrogen and oxygen atoms in total. The number of carboxylic acid groups (broad SMARTS) is 2. The molecular formula is C18H20N2O4. The maximum Gasteiger partial charge on any atom is 0.336 e. The van der Waals surface area contributed by atoms with E-state index in [2.05, 4.69) is 0 Å². The maximum absolute atomic E-state index is 11.6. The predicted molar refractivity (Wildman–Crippen MR) is 94.5 cm³/mol. The molecule has 2 aromatic carbocycles. The van der Waals surface area contributed by atoms with Crippen LogP contribution < -0.4 is 9.80 Å². The summed E-state index contributed by atoms with van der Waals surface area (Å²) in [5, 5.41) is 19.0. The minimum Gasteiger partial charge on any atom is -0.478 e. The van der Waals surface area contributed by atoms with Gasteiger partial charge in [0.15, 0.2) is 0 Å². The lowest BCUT2D eigenvalue weighted by atomic mass is 9.94. The Balaban J connectivity index is 2.82. The molecule has 0 unspecified atom stereocenters. The molecular weight excluding hydrogens is 308 g/mol. The SMILES string of the molecule is CN(C)c1ccc(C(=O)O)c(-c2cc(N(C)C)ccc2C(=O)O)c1. The number of nitrogens with zero attached hydrogens (tertiary/aromatic N) is 2. The molecule has 2 N–H and O–H groups in total. The van der Waals surface area contributed by atoms with Gasteiger partial charge in [0.25, 0.3) is 0 Å². The van der Waals surface area contributed by atoms with Crippen LogP contribution in [0.3, 0.4) is 0 Å². The topological polar surface area (TPSA) is 81.1 Å². The molecule has 0 atom stereocenters. The third-order valence-corrected chi connectivity index (χ3v) is 3.79. The quantitative estimate of drug-likeness (QED) is 0.878. The van der Waals surface area contributed by atoms with Gasteiger partial charge in [-0.25, -0.2) is 9.59 Å². The van der Waals surface area contributed by atoms with Crippen molar-refractivity contribution in [2.24, 2.45) is 0 Å². The van der Waals surface area contributed by atoms with E-state index >= 15 is 0 Å². The molecule has 0 aromatic heterocycles. The Morgan fingerprint density at radius 1 is 0.708 bits per heavy atom. The molecule has 0 amide bonds. The van der Waals surface area contributed by atoms with Gasteiger partial charge in [-0.05, 0) is 47.5 Å². The van der Waals surface area contributed by atoms with Gasteiger partial charge < -0.3 is 20.0 Å². The molecule has 24 heavy (non-hydrogen) atoms. The molecule has 2 rings (SSSR count). The monoisotopic (exact) mass is 328 g/mol. The van der Waals surface area contributed by atoms with Gasteiger partial charge >= 0.3 is 11.9 Å². The first-order valence-corrected chi connectivity index (χ1v) is 7.32. The van der Waals surface area contributed by atoms with Gasteiger partial charge in [-0.3, -0.25) is 0 Å². The van der Waals surface area contributed by atoms with Gasteiger partial charge in [-0.2, -0.15) is 0 Å². The van der Waals surface area contributed by atoms with E-state index in [0.29, 0.717) is 11.1 Å². The van der Waals surface area contributed by atoms with Crippen LogP contribution in [0, 0.1) is 0 Å². The molecule has 0 radical (unpaired) electrons. The summed E-state index contributed by atoms with van der Waals surface area (Å²) in [6.07, 6.45) is 0. The molecule has 0 heterocycles. The van der Waals surface area contributed by atoms with E-state index in [0.717, 1.165) is 11.4 Å². The second-order valence-corrected chi connectivity index (χ2v) is 5.86. The van der Waals surface area contributed by atoms with Crippen molar-refractivity contribution < 1.29 is 19.8 Å². The second-order valence-electron chi connectivity index (χ2n) is 5.86. The van der Waals surface area contributed by atoms with Crippen molar-refractivity contribution in [1.82, 2.24) is 0 Å². The number of aromatic carboxylic acids is 2. The first-order valence-electron chi connectivity index (χ1n) is 7.32. The molecule has 0 aliphatic rings. The fraction of sp³-hybridized carbons (Fsp3) is 0.222. The van der Waals surface area contributed by atoms with E-state index in [1.807, 2.05) is 38.0 Å². The molecule has 0 saturated carbocycles. The molecule has 0 bridgehead atoms. The zero-order valence-corrected chi connectivity index (χ0v) is 14.1. The van der Waals surface area contributed by atoms with Crippen LogP contribution in [0.1, 0.15) is 20.7 Å². The van der Waals surface area contributed by atoms with E-state index in [-0.39, 0.29) is 11.1 Å². The highest BCUT2D eigenvalue weighted by Gasteiger charge is 2.19. The van der Waals surface area contributed by atoms with Crippen LogP contribution >= 0.6 is 0 Å². The van der Waals surface area contributed by atoms with E-state index in [4.69, 9.17) is 0 Å². The van der Waals surface area contributed by atoms with Gasteiger partial charge in [0.05, 0.1) is 11.1 Å². The summed E-state index contributed by atoms with van der Waals surface area (Å²) in [7, 11) is 7.36. The highest BCUT2D eigenvalue weighted by atomic mass is 16.4. The van der Waals surface area contributed by atoms with Gasteiger partial charge in [0.2, 0.25) is 0 Å². The van der Waals surface area contributed by atoms with E-state index in [1.54, 1.807) is 24.3 Å². The molecule has 0 fully saturated rings. The van der Waals surface area contributed by atoms with Crippen molar-refractivity contribution in [3.8, 4) is 11.1 Å². The third kappa shape index (κ3) is 3.32. The van der Waals surface area contributed by atoms with Crippen molar-refractivity contribution in [2.75, 3.05) is 38.0 Å². The second kappa shape index (κ2) is 6.62. The summed E-state index contributed by atoms with van der Waals surface area (Å²) < 4.78 is 0. The number of rotatable bonds is 5. The zero-order valence-electron chi connectivity index (χ0n) is 14.1. The molecule has 0 aliphatic carbocycles. The van der Waals surface area contributed by atoms with Crippen molar-refractivity contribution >= 4 is 23.3 Å². The minimum atomic E-state index is -1.10. The number of hydrogen-bond acceptors (Lipinski definition) is 4. The summed E-state index contributed by atoms with van der Waals surface area (Å²) in [6.45, 7) is 0. The van der Waals surface area contributed by atoms with Crippen molar-refractivity contribution in [3.05, 3.63) is 47.5 Å². The Labute approximate surface area is 140 Å². The lowest BCUT2D eigenvalue weighted by molar-refractivity contribution is 0.0684. The van der Waals surface area contributed by atoms with Crippen LogP contribution in [0.2, 0.25) is 0 Å². The largest absolute Gasteiger partial charge is 0.478 e. The Bertz CT molecular complexity index is 730. The van der Waals surface area contributed by atoms with Crippen molar-refractivity contribution in [1.29, 1.82) is 0 Å². The molecule has 2 aromatic rings. The fourth-order valence-electron chi connectivity index (χ4n) is 2.44. The number of carboxylic acids is 2. The smallest absolute Gasteiger partial charge is 0.336 e. The summed E-state index contributed by atoms with van der Waals surface area (Å²) in [4.78, 5) is 26.9. The first kappa shape index (κ1) is 17.3. The minimum absolute atomic E-state index is 0.0685. The summed E-state index contributed by atoms with van der Waals surface area (Å²) in [6, 6.07) is 9.80. The number of anilines is 2. The predicted octanol–water partition coefficient (Wildman–Crippen LogP) is 2.88. The van der Waals surface area contributed by atoms with Crippen LogP contribution in [-0.2, 0) is 0 Å². The molecule has 6 heteroatoms. The van der Waals surface area contributed by atoms with E-state index < -0.39 is 11.9 Å². The highest BCUT2D eigenvalue weighted by molar-refractivity contribution is 6.03. The Kier molecular flexibility index (Phi) is 4.78. The van der Waals surface area contributed by atoms with Crippen molar-refractivity contribution in [3.63, 3.8) is 0 Å². The molecule has 126 valence electrons. The maximum atomic E-state index is 11.6. The average molecular weight is 328 g/mol. The Morgan fingerprint density at radius 2 is 1.04 bits per heavy atom. The van der Waals surface area contributed by atoms with E-state index in [1.165, 1.54) is 12.1 Å². The normalized spacial score (nSPS) is 10.3. The van der Waals surface area contributed by atoms with Crippen LogP contribution in [-0.4, -0.2) is 50.3 Å². The summed E-state index contributed by atoms with van der Waals surface area (Å²) in [5.74, 6) is -2.19. The molecule has 0 aliphatic heterocycles. The van der Waals surface area contributed by atoms with Gasteiger partial charge in [0.1, 0.15) is 0 Å². The number of benzene rings is 2. The molecule has 0 saturated heterocycles. The number of hydrogen-bond donors (Lipinski definition) is 2. The van der Waals surface area contributed by atoms with Crippen LogP contribution in [0.25, 0.3) is 11.1 Å². The standard InChI is InChI=1S/C18H20N2O4/c1-19(2)11-5-7-13(17(21)22)15(9-11)16-10-12(20(3)4)6-8-14(16)18(23)24/h5-10H,1-4H3,(H,21,22)(H,23,24). The zero-order chi connectivity index (χ0) is 18.0. The van der Waals surface area contributed by atoms with Crippen LogP contribution in [0.4, 0.5) is 11.4 Å². The summed E-state index contributed by atoms with van der Waals surface area (Å²) in [5.41, 5.74) is 2.49. The third-order valence-electron chi connectivity index (χ3n) is 3.79. The molecule has 0 spiro atoms. The first-order chi connectivity index (χ1) is 11.2. The summed E-state index contributed by atoms with van der Waals surface area (Å²) >= 11 is 0. The van der Waals surface area contributed by atoms with Crippen LogP contribution in [0.5, 0.6) is 0 Å². The van der Waals surface area contributed by atoms with Gasteiger partial charge in [0, 0.05) is 39.6 Å². The highest BCUT2D eigenvalue weighted by Crippen LogP contribution is 2.33. The Hall–Kier alpha value is -3.02. The van der Waals surface area contributed by atoms with Crippen molar-refractivity contribution in [2.45, 2.75) is 0 Å². The number of carbonyl (C=O) groups is 2. The lowest BCUT2D eigenvalue weighted by Gasteiger charge is -2.19. The average Bonchev–Trinajstić information content (AvgIpc) is 2.53. The van der Waals surface area contributed by atoms with Gasteiger partial charge in [-0.1, -0.05) is 0 Å². The van der Waals surface area contributed by atoms with Crippen LogP contribution in [0.15, 0.2) is 36.4 Å².